The van der Waals surface area contributed by atoms with E-state index in [1.165, 1.54) is 0 Å². The highest BCUT2D eigenvalue weighted by Crippen LogP contribution is 1.96. The smallest absolute Gasteiger partial charge is 0.175 e. The van der Waals surface area contributed by atoms with Gasteiger partial charge in [-0.15, -0.1) is 0 Å². The lowest BCUT2D eigenvalue weighted by Crippen LogP contribution is -2.44. The molecule has 1 heterocycles. The van der Waals surface area contributed by atoms with Crippen LogP contribution in [0.15, 0.2) is 0 Å². The van der Waals surface area contributed by atoms with Gasteiger partial charge in [0.15, 0.2) is 5.71 Å². The van der Waals surface area contributed by atoms with Crippen LogP contribution < -0.4 is 5.41 Å². The third kappa shape index (κ3) is 1.27. The SMILES string of the molecule is [NH2+]=C1CCCOC1. The zero-order valence-corrected chi connectivity index (χ0v) is 4.31. The summed E-state index contributed by atoms with van der Waals surface area (Å²) in [6, 6.07) is 0. The molecule has 1 rings (SSSR count). The first-order valence-electron chi connectivity index (χ1n) is 2.57. The molecular formula is C5H10NO+. The van der Waals surface area contributed by atoms with Crippen molar-refractivity contribution in [2.75, 3.05) is 13.2 Å². The molecule has 0 amide bonds. The quantitative estimate of drug-likeness (QED) is 0.416. The molecule has 2 N–H and O–H groups in total. The number of hydrogen-bond acceptors (Lipinski definition) is 1. The van der Waals surface area contributed by atoms with E-state index in [-0.39, 0.29) is 0 Å². The fourth-order valence-corrected chi connectivity index (χ4v) is 0.677. The summed E-state index contributed by atoms with van der Waals surface area (Å²) in [6.07, 6.45) is 2.16. The monoisotopic (exact) mass is 100 g/mol. The molecule has 0 aromatic carbocycles. The second kappa shape index (κ2) is 2.07. The van der Waals surface area contributed by atoms with E-state index in [4.69, 9.17) is 10.1 Å². The first-order chi connectivity index (χ1) is 3.39. The Bertz CT molecular complexity index is 72.1. The van der Waals surface area contributed by atoms with Crippen molar-refractivity contribution in [2.24, 2.45) is 0 Å². The Kier molecular flexibility index (Phi) is 1.42. The second-order valence-corrected chi connectivity index (χ2v) is 1.81. The van der Waals surface area contributed by atoms with E-state index in [2.05, 4.69) is 0 Å². The molecule has 40 valence electrons. The van der Waals surface area contributed by atoms with Crippen molar-refractivity contribution < 1.29 is 10.1 Å². The number of nitrogens with two attached hydrogens (primary N) is 1. The molecule has 0 atom stereocenters. The summed E-state index contributed by atoms with van der Waals surface area (Å²) in [5.41, 5.74) is 0.992. The topological polar surface area (TPSA) is 34.8 Å². The summed E-state index contributed by atoms with van der Waals surface area (Å²) in [6.45, 7) is 1.57. The fraction of sp³-hybridized carbons (Fsp3) is 0.800. The maximum Gasteiger partial charge on any atom is 0.175 e. The van der Waals surface area contributed by atoms with Crippen LogP contribution in [0.5, 0.6) is 0 Å². The van der Waals surface area contributed by atoms with Crippen molar-refractivity contribution in [3.8, 4) is 0 Å². The Balaban J connectivity index is 2.25. The van der Waals surface area contributed by atoms with Gasteiger partial charge in [0.05, 0.1) is 0 Å². The van der Waals surface area contributed by atoms with E-state index in [1.807, 2.05) is 0 Å². The van der Waals surface area contributed by atoms with Gasteiger partial charge in [-0.3, -0.25) is 5.41 Å². The zero-order chi connectivity index (χ0) is 5.11. The van der Waals surface area contributed by atoms with Crippen molar-refractivity contribution in [1.82, 2.24) is 0 Å². The molecule has 1 fully saturated rings. The first-order valence-corrected chi connectivity index (χ1v) is 2.57. The molecule has 2 heteroatoms. The molecule has 0 aliphatic carbocycles. The second-order valence-electron chi connectivity index (χ2n) is 1.81. The van der Waals surface area contributed by atoms with Gasteiger partial charge in [-0.1, -0.05) is 0 Å². The lowest BCUT2D eigenvalue weighted by Gasteiger charge is -2.06. The van der Waals surface area contributed by atoms with Gasteiger partial charge < -0.3 is 4.74 Å². The Morgan fingerprint density at radius 1 is 1.57 bits per heavy atom. The molecule has 1 aliphatic heterocycles. The molecule has 0 saturated carbocycles. The minimum atomic E-state index is 0.681. The predicted octanol–water partition coefficient (Wildman–Crippen LogP) is -1.00. The van der Waals surface area contributed by atoms with Gasteiger partial charge in [0, 0.05) is 13.0 Å². The van der Waals surface area contributed by atoms with Crippen molar-refractivity contribution in [3.05, 3.63) is 0 Å². The summed E-state index contributed by atoms with van der Waals surface area (Å²) in [5.74, 6) is 0. The van der Waals surface area contributed by atoms with E-state index < -0.39 is 0 Å². The predicted molar refractivity (Wildman–Crippen MR) is 27.0 cm³/mol. The number of hydrogen-bond donors (Lipinski definition) is 1. The van der Waals surface area contributed by atoms with E-state index in [9.17, 15) is 0 Å². The van der Waals surface area contributed by atoms with Crippen LogP contribution in [-0.2, 0) is 4.74 Å². The minimum absolute atomic E-state index is 0.681. The third-order valence-electron chi connectivity index (χ3n) is 1.07. The maximum atomic E-state index is 5.43. The van der Waals surface area contributed by atoms with Crippen LogP contribution in [0, 0.1) is 0 Å². The Hall–Kier alpha value is -0.370. The van der Waals surface area contributed by atoms with Crippen LogP contribution >= 0.6 is 0 Å². The van der Waals surface area contributed by atoms with Crippen molar-refractivity contribution in [1.29, 1.82) is 0 Å². The van der Waals surface area contributed by atoms with Gasteiger partial charge in [0.1, 0.15) is 6.61 Å². The summed E-state index contributed by atoms with van der Waals surface area (Å²) in [7, 11) is 0. The van der Waals surface area contributed by atoms with Crippen molar-refractivity contribution >= 4 is 5.71 Å². The van der Waals surface area contributed by atoms with Crippen LogP contribution in [0.3, 0.4) is 0 Å². The molecular weight excluding hydrogens is 90.1 g/mol. The van der Waals surface area contributed by atoms with E-state index in [0.717, 1.165) is 25.2 Å². The summed E-state index contributed by atoms with van der Waals surface area (Å²) >= 11 is 0. The lowest BCUT2D eigenvalue weighted by molar-refractivity contribution is -0.126. The molecule has 7 heavy (non-hydrogen) atoms. The maximum absolute atomic E-state index is 5.43. The molecule has 1 aliphatic rings. The molecule has 1 saturated heterocycles. The Morgan fingerprint density at radius 3 is 2.71 bits per heavy atom. The number of ether oxygens (including phenoxy) is 1. The fourth-order valence-electron chi connectivity index (χ4n) is 0.677. The van der Waals surface area contributed by atoms with Gasteiger partial charge in [-0.05, 0) is 6.42 Å². The molecule has 2 nitrogen and oxygen atoms in total. The van der Waals surface area contributed by atoms with E-state index in [1.54, 1.807) is 0 Å². The number of rotatable bonds is 0. The largest absolute Gasteiger partial charge is 0.371 e. The third-order valence-corrected chi connectivity index (χ3v) is 1.07. The standard InChI is InChI=1S/C5H9NO/c6-5-2-1-3-7-4-5/h6H,1-4H2/p+1. The molecule has 0 aromatic heterocycles. The van der Waals surface area contributed by atoms with E-state index >= 15 is 0 Å². The molecule has 0 bridgehead atoms. The molecule has 0 aromatic rings. The zero-order valence-electron chi connectivity index (χ0n) is 4.31. The van der Waals surface area contributed by atoms with Crippen molar-refractivity contribution in [3.63, 3.8) is 0 Å². The first kappa shape index (κ1) is 4.78. The van der Waals surface area contributed by atoms with Gasteiger partial charge in [0.25, 0.3) is 0 Å². The van der Waals surface area contributed by atoms with Gasteiger partial charge in [-0.25, -0.2) is 0 Å². The summed E-state index contributed by atoms with van der Waals surface area (Å²) in [5, 5.41) is 5.43. The van der Waals surface area contributed by atoms with E-state index in [0.29, 0.717) is 6.61 Å². The van der Waals surface area contributed by atoms with Gasteiger partial charge in [0.2, 0.25) is 0 Å². The molecule has 0 spiro atoms. The Morgan fingerprint density at radius 2 is 2.43 bits per heavy atom. The van der Waals surface area contributed by atoms with Crippen LogP contribution in [0.4, 0.5) is 0 Å². The highest BCUT2D eigenvalue weighted by atomic mass is 16.5. The van der Waals surface area contributed by atoms with Gasteiger partial charge >= 0.3 is 0 Å². The van der Waals surface area contributed by atoms with Crippen molar-refractivity contribution in [2.45, 2.75) is 12.8 Å². The molecule has 0 unspecified atom stereocenters. The van der Waals surface area contributed by atoms with Crippen LogP contribution in [-0.4, -0.2) is 18.9 Å². The average Bonchev–Trinajstić information content (AvgIpc) is 1.69. The summed E-state index contributed by atoms with van der Waals surface area (Å²) in [4.78, 5) is 0. The Labute approximate surface area is 43.0 Å². The highest BCUT2D eigenvalue weighted by molar-refractivity contribution is 5.80. The van der Waals surface area contributed by atoms with Crippen LogP contribution in [0.25, 0.3) is 0 Å². The highest BCUT2D eigenvalue weighted by Gasteiger charge is 2.07. The van der Waals surface area contributed by atoms with Crippen LogP contribution in [0.2, 0.25) is 0 Å². The summed E-state index contributed by atoms with van der Waals surface area (Å²) < 4.78 is 5.02. The normalized spacial score (nSPS) is 22.6. The lowest BCUT2D eigenvalue weighted by atomic mass is 10.2. The minimum Gasteiger partial charge on any atom is -0.371 e. The average molecular weight is 100 g/mol. The van der Waals surface area contributed by atoms with Gasteiger partial charge in [-0.2, -0.15) is 0 Å². The molecule has 0 radical (unpaired) electrons. The van der Waals surface area contributed by atoms with Crippen LogP contribution in [0.1, 0.15) is 12.8 Å².